The number of carbonyl (C=O) groups is 1. The molecule has 1 aliphatic heterocycles. The second-order valence-electron chi connectivity index (χ2n) is 6.90. The number of rotatable bonds is 2. The van der Waals surface area contributed by atoms with Gasteiger partial charge in [-0.15, -0.1) is 0 Å². The summed E-state index contributed by atoms with van der Waals surface area (Å²) in [5.74, 6) is 0. The zero-order valence-corrected chi connectivity index (χ0v) is 14.1. The van der Waals surface area contributed by atoms with E-state index in [0.29, 0.717) is 4.90 Å². The van der Waals surface area contributed by atoms with Crippen LogP contribution in [0.5, 0.6) is 0 Å². The molecule has 130 valence electrons. The Morgan fingerprint density at radius 3 is 2.60 bits per heavy atom. The number of nitro groups is 1. The number of amides is 1. The van der Waals surface area contributed by atoms with E-state index in [0.717, 1.165) is 12.3 Å². The van der Waals surface area contributed by atoms with Crippen LogP contribution in [0, 0.1) is 10.1 Å². The van der Waals surface area contributed by atoms with Crippen molar-refractivity contribution in [3.05, 3.63) is 33.6 Å². The number of aliphatic hydroxyl groups excluding tert-OH is 1. The summed E-state index contributed by atoms with van der Waals surface area (Å²) >= 11 is 0. The molecule has 9 nitrogen and oxygen atoms in total. The van der Waals surface area contributed by atoms with Crippen molar-refractivity contribution in [3.8, 4) is 0 Å². The second-order valence-corrected chi connectivity index (χ2v) is 6.90. The first-order chi connectivity index (χ1) is 11.3. The summed E-state index contributed by atoms with van der Waals surface area (Å²) in [6.45, 7) is 3.78. The fourth-order valence-corrected chi connectivity index (χ4v) is 2.67. The molecule has 11 heteroatoms. The lowest BCUT2D eigenvalue weighted by atomic mass is 9.55. The molecule has 1 atom stereocenters. The zero-order valence-electron chi connectivity index (χ0n) is 14.1. The SMILES string of the molecule is [B]C1([B])Cc2ncc([N+](=O)[O-])cc2C(O)(CO)N1C(=O)OC(C)(C)C. The Hall–Kier alpha value is -2.13. The standard InChI is InChI=1S/C14H17B2N3O6/c1-12(2,3)25-11(21)18-13(22,7-20)9-4-8(19(23)24)6-17-10(9)5-14(18,15)16/h4,6,20,22H,5,7H2,1-3H3. The Kier molecular flexibility index (Phi) is 4.60. The molecule has 0 bridgehead atoms. The Morgan fingerprint density at radius 2 is 2.12 bits per heavy atom. The highest BCUT2D eigenvalue weighted by molar-refractivity contribution is 6.41. The molecule has 0 spiro atoms. The summed E-state index contributed by atoms with van der Waals surface area (Å²) in [5.41, 5.74) is -3.78. The quantitative estimate of drug-likeness (QED) is 0.436. The maximum Gasteiger partial charge on any atom is 0.412 e. The van der Waals surface area contributed by atoms with Crippen LogP contribution in [0.4, 0.5) is 10.5 Å². The molecule has 1 unspecified atom stereocenters. The highest BCUT2D eigenvalue weighted by Gasteiger charge is 2.53. The van der Waals surface area contributed by atoms with Gasteiger partial charge in [0.2, 0.25) is 0 Å². The zero-order chi connectivity index (χ0) is 19.2. The summed E-state index contributed by atoms with van der Waals surface area (Å²) < 4.78 is 5.20. The molecule has 1 amide bonds. The van der Waals surface area contributed by atoms with Crippen LogP contribution in [0.25, 0.3) is 0 Å². The summed E-state index contributed by atoms with van der Waals surface area (Å²) in [6, 6.07) is 1.02. The molecule has 0 fully saturated rings. The van der Waals surface area contributed by atoms with E-state index in [4.69, 9.17) is 20.4 Å². The van der Waals surface area contributed by atoms with Gasteiger partial charge in [-0.3, -0.25) is 20.0 Å². The minimum atomic E-state index is -2.43. The lowest BCUT2D eigenvalue weighted by Gasteiger charge is -2.52. The van der Waals surface area contributed by atoms with E-state index < -0.39 is 40.0 Å². The number of fused-ring (bicyclic) bond motifs is 1. The fourth-order valence-electron chi connectivity index (χ4n) is 2.67. The van der Waals surface area contributed by atoms with Gasteiger partial charge in [0.05, 0.1) is 27.2 Å². The van der Waals surface area contributed by atoms with E-state index in [1.807, 2.05) is 0 Å². The van der Waals surface area contributed by atoms with Crippen molar-refractivity contribution in [1.82, 2.24) is 9.88 Å². The molecule has 2 rings (SSSR count). The van der Waals surface area contributed by atoms with Gasteiger partial charge >= 0.3 is 6.09 Å². The Labute approximate surface area is 147 Å². The highest BCUT2D eigenvalue weighted by atomic mass is 16.6. The fraction of sp³-hybridized carbons (Fsp3) is 0.571. The lowest BCUT2D eigenvalue weighted by Crippen LogP contribution is -2.68. The van der Waals surface area contributed by atoms with Crippen LogP contribution in [-0.2, 0) is 16.9 Å². The molecule has 25 heavy (non-hydrogen) atoms. The van der Waals surface area contributed by atoms with Crippen molar-refractivity contribution in [2.75, 3.05) is 6.61 Å². The van der Waals surface area contributed by atoms with Gasteiger partial charge in [-0.25, -0.2) is 4.79 Å². The first kappa shape index (κ1) is 19.2. The van der Waals surface area contributed by atoms with Crippen LogP contribution < -0.4 is 0 Å². The average Bonchev–Trinajstić information content (AvgIpc) is 2.43. The van der Waals surface area contributed by atoms with E-state index in [1.54, 1.807) is 20.8 Å². The van der Waals surface area contributed by atoms with Gasteiger partial charge in [0.15, 0.2) is 5.72 Å². The third-order valence-electron chi connectivity index (χ3n) is 3.63. The van der Waals surface area contributed by atoms with E-state index in [1.165, 1.54) is 0 Å². The van der Waals surface area contributed by atoms with Crippen LogP contribution in [0.1, 0.15) is 32.0 Å². The molecular weight excluding hydrogens is 328 g/mol. The number of hydrogen-bond donors (Lipinski definition) is 2. The molecule has 1 aliphatic rings. The molecule has 4 radical (unpaired) electrons. The monoisotopic (exact) mass is 345 g/mol. The van der Waals surface area contributed by atoms with Crippen molar-refractivity contribution >= 4 is 27.5 Å². The molecule has 0 saturated carbocycles. The molecule has 1 aromatic heterocycles. The molecule has 2 heterocycles. The van der Waals surface area contributed by atoms with Gasteiger partial charge in [0.1, 0.15) is 11.8 Å². The first-order valence-corrected chi connectivity index (χ1v) is 7.40. The minimum Gasteiger partial charge on any atom is -0.444 e. The number of pyridine rings is 1. The highest BCUT2D eigenvalue weighted by Crippen LogP contribution is 2.40. The van der Waals surface area contributed by atoms with Crippen LogP contribution in [0.15, 0.2) is 12.3 Å². The van der Waals surface area contributed by atoms with Crippen molar-refractivity contribution < 1.29 is 24.7 Å². The van der Waals surface area contributed by atoms with Gasteiger partial charge in [-0.1, -0.05) is 0 Å². The molecule has 0 aliphatic carbocycles. The predicted octanol–water partition coefficient (Wildman–Crippen LogP) is -0.0888. The van der Waals surface area contributed by atoms with Gasteiger partial charge in [0, 0.05) is 17.3 Å². The van der Waals surface area contributed by atoms with Crippen LogP contribution in [-0.4, -0.2) is 64.4 Å². The smallest absolute Gasteiger partial charge is 0.412 e. The molecule has 2 N–H and O–H groups in total. The number of aliphatic hydroxyl groups is 2. The first-order valence-electron chi connectivity index (χ1n) is 7.40. The maximum atomic E-state index is 12.6. The molecule has 1 aromatic rings. The van der Waals surface area contributed by atoms with Crippen molar-refractivity contribution in [2.45, 2.75) is 43.9 Å². The second kappa shape index (κ2) is 5.99. The third kappa shape index (κ3) is 3.47. The summed E-state index contributed by atoms with van der Waals surface area (Å²) in [6.07, 6.45) is -0.302. The number of nitrogens with zero attached hydrogens (tertiary/aromatic N) is 3. The van der Waals surface area contributed by atoms with E-state index in [-0.39, 0.29) is 17.7 Å². The summed E-state index contributed by atoms with van der Waals surface area (Å²) in [4.78, 5) is 27.3. The Balaban J connectivity index is 2.62. The number of aromatic nitrogens is 1. The van der Waals surface area contributed by atoms with Crippen LogP contribution in [0.2, 0.25) is 0 Å². The van der Waals surface area contributed by atoms with Gasteiger partial charge in [-0.2, -0.15) is 0 Å². The topological polar surface area (TPSA) is 126 Å². The van der Waals surface area contributed by atoms with Gasteiger partial charge in [-0.05, 0) is 32.5 Å². The Morgan fingerprint density at radius 1 is 1.52 bits per heavy atom. The van der Waals surface area contributed by atoms with Crippen molar-refractivity contribution in [3.63, 3.8) is 0 Å². The summed E-state index contributed by atoms with van der Waals surface area (Å²) in [5, 5.41) is 29.8. The minimum absolute atomic E-state index is 0.131. The Bertz CT molecular complexity index is 721. The van der Waals surface area contributed by atoms with Crippen molar-refractivity contribution in [2.24, 2.45) is 0 Å². The van der Waals surface area contributed by atoms with Gasteiger partial charge < -0.3 is 14.9 Å². The molecular formula is C14H17B2N3O6. The summed E-state index contributed by atoms with van der Waals surface area (Å²) in [7, 11) is 11.9. The van der Waals surface area contributed by atoms with E-state index in [9.17, 15) is 25.1 Å². The van der Waals surface area contributed by atoms with Gasteiger partial charge in [0.25, 0.3) is 5.69 Å². The average molecular weight is 345 g/mol. The molecule has 0 aromatic carbocycles. The molecule has 0 saturated heterocycles. The van der Waals surface area contributed by atoms with E-state index in [2.05, 4.69) is 4.98 Å². The number of hydrogen-bond acceptors (Lipinski definition) is 7. The largest absolute Gasteiger partial charge is 0.444 e. The lowest BCUT2D eigenvalue weighted by molar-refractivity contribution is -0.385. The number of carbonyl (C=O) groups excluding carboxylic acids is 1. The predicted molar refractivity (Wildman–Crippen MR) is 87.9 cm³/mol. The third-order valence-corrected chi connectivity index (χ3v) is 3.63. The van der Waals surface area contributed by atoms with Crippen molar-refractivity contribution in [1.29, 1.82) is 0 Å². The maximum absolute atomic E-state index is 12.6. The number of ether oxygens (including phenoxy) is 1. The van der Waals surface area contributed by atoms with E-state index >= 15 is 0 Å². The normalized spacial score (nSPS) is 22.2. The van der Waals surface area contributed by atoms with Crippen LogP contribution in [0.3, 0.4) is 0 Å². The van der Waals surface area contributed by atoms with Crippen LogP contribution >= 0.6 is 0 Å².